The summed E-state index contributed by atoms with van der Waals surface area (Å²) >= 11 is -0.750. The number of alkyl halides is 1. The highest BCUT2D eigenvalue weighted by molar-refractivity contribution is 7.86. The zero-order valence-corrected chi connectivity index (χ0v) is 44.1. The number of rotatable bonds is 7. The van der Waals surface area contributed by atoms with Gasteiger partial charge < -0.3 is 18.9 Å². The zero-order chi connectivity index (χ0) is 47.6. The number of hydrogen-bond acceptors (Lipinski definition) is 8. The molecule has 4 atom stereocenters. The Hall–Kier alpha value is -0.530. The molecule has 0 aromatic rings. The SMILES string of the molecule is CC.CC.CC.CC.CC.CC.CC.CC.CC1CCCOCOCCCC(C)C(CCCS(=O)(=O)F)C(C)CCCOCOCCCC(C)C1CCCF.O=S=O. The Balaban J connectivity index is -0.000000156. The van der Waals surface area contributed by atoms with E-state index in [0.717, 1.165) is 57.8 Å². The van der Waals surface area contributed by atoms with E-state index in [1.165, 1.54) is 0 Å². The second-order valence-electron chi connectivity index (χ2n) is 12.0. The lowest BCUT2D eigenvalue weighted by molar-refractivity contribution is -0.0591. The standard InChI is InChI=1S/C30H58F2O6S.8C2H6.O2S/c1-25-11-6-18-35-23-37-20-8-13-27(3)30(16-10-22-39(32,33)34)28(4)14-9-21-38-24-36-19-7-12-26(2)29(25)15-5-17-31;8*1-2;1-3-2/h25-30H,5-24H2,1-4H3;8*1-2H3;. The van der Waals surface area contributed by atoms with Crippen molar-refractivity contribution in [3.8, 4) is 0 Å². The molecular weight excluding hydrogens is 783 g/mol. The van der Waals surface area contributed by atoms with Crippen molar-refractivity contribution < 1.29 is 44.1 Å². The van der Waals surface area contributed by atoms with Gasteiger partial charge in [0.2, 0.25) is 0 Å². The zero-order valence-electron chi connectivity index (χ0n) is 42.4. The highest BCUT2D eigenvalue weighted by Crippen LogP contribution is 2.33. The van der Waals surface area contributed by atoms with Crippen LogP contribution in [0.3, 0.4) is 0 Å². The molecule has 0 spiro atoms. The average Bonchev–Trinajstić information content (AvgIpc) is 3.26. The summed E-state index contributed by atoms with van der Waals surface area (Å²) < 4.78 is 87.4. The summed E-state index contributed by atoms with van der Waals surface area (Å²) in [5.41, 5.74) is 0. The molecular formula is C46H106F2O8S2. The first-order valence-corrected chi connectivity index (χ1v) is 26.0. The highest BCUT2D eigenvalue weighted by Gasteiger charge is 2.25. The van der Waals surface area contributed by atoms with Crippen molar-refractivity contribution in [3.63, 3.8) is 0 Å². The Kier molecular flexibility index (Phi) is 99.5. The van der Waals surface area contributed by atoms with Crippen molar-refractivity contribution in [2.24, 2.45) is 35.5 Å². The molecule has 0 radical (unpaired) electrons. The third-order valence-corrected chi connectivity index (χ3v) is 9.42. The molecule has 4 unspecified atom stereocenters. The molecule has 0 aromatic heterocycles. The van der Waals surface area contributed by atoms with Gasteiger partial charge >= 0.3 is 21.8 Å². The minimum atomic E-state index is -4.43. The molecule has 1 aliphatic heterocycles. The van der Waals surface area contributed by atoms with E-state index in [2.05, 4.69) is 27.7 Å². The van der Waals surface area contributed by atoms with Gasteiger partial charge in [-0.3, -0.25) is 4.39 Å². The van der Waals surface area contributed by atoms with Gasteiger partial charge in [-0.25, -0.2) is 0 Å². The lowest BCUT2D eigenvalue weighted by atomic mass is 9.76. The van der Waals surface area contributed by atoms with E-state index >= 15 is 0 Å². The summed E-state index contributed by atoms with van der Waals surface area (Å²) in [7, 11) is -4.43. The second-order valence-corrected chi connectivity index (χ2v) is 13.6. The Morgan fingerprint density at radius 1 is 0.483 bits per heavy atom. The average molecular weight is 889 g/mol. The molecule has 8 nitrogen and oxygen atoms in total. The van der Waals surface area contributed by atoms with E-state index in [-0.39, 0.29) is 6.67 Å². The Bertz CT molecular complexity index is 741. The topological polar surface area (TPSA) is 105 Å². The lowest BCUT2D eigenvalue weighted by Crippen LogP contribution is -2.22. The van der Waals surface area contributed by atoms with Gasteiger partial charge in [-0.05, 0) is 113 Å². The minimum Gasteiger partial charge on any atom is -0.355 e. The van der Waals surface area contributed by atoms with Crippen LogP contribution in [0.15, 0.2) is 0 Å². The summed E-state index contributed by atoms with van der Waals surface area (Å²) in [4.78, 5) is 0. The van der Waals surface area contributed by atoms with Gasteiger partial charge in [0.15, 0.2) is 0 Å². The maximum atomic E-state index is 13.1. The van der Waals surface area contributed by atoms with Gasteiger partial charge in [0, 0.05) is 26.4 Å². The molecule has 0 N–H and O–H groups in total. The molecule has 0 aromatic carbocycles. The summed E-state index contributed by atoms with van der Waals surface area (Å²) in [5.74, 6) is 2.24. The molecule has 1 aliphatic rings. The monoisotopic (exact) mass is 889 g/mol. The third kappa shape index (κ3) is 64.6. The molecule has 58 heavy (non-hydrogen) atoms. The van der Waals surface area contributed by atoms with Crippen LogP contribution in [0, 0.1) is 35.5 Å². The molecule has 1 rings (SSSR count). The molecule has 0 saturated carbocycles. The first kappa shape index (κ1) is 78.0. The third-order valence-electron chi connectivity index (χ3n) is 8.65. The minimum absolute atomic E-state index is 0.251. The largest absolute Gasteiger partial charge is 0.355 e. The van der Waals surface area contributed by atoms with Crippen molar-refractivity contribution in [1.82, 2.24) is 0 Å². The van der Waals surface area contributed by atoms with Crippen LogP contribution < -0.4 is 0 Å². The summed E-state index contributed by atoms with van der Waals surface area (Å²) in [6.07, 6.45) is 10.4. The lowest BCUT2D eigenvalue weighted by Gasteiger charge is -2.30. The highest BCUT2D eigenvalue weighted by atomic mass is 32.3. The van der Waals surface area contributed by atoms with Gasteiger partial charge in [0.1, 0.15) is 13.6 Å². The number of ether oxygens (including phenoxy) is 4. The van der Waals surface area contributed by atoms with Gasteiger partial charge in [0.25, 0.3) is 0 Å². The predicted octanol–water partition coefficient (Wildman–Crippen LogP) is 15.2. The second kappa shape index (κ2) is 74.0. The Morgan fingerprint density at radius 2 is 0.707 bits per heavy atom. The van der Waals surface area contributed by atoms with Crippen LogP contribution >= 0.6 is 0 Å². The first-order chi connectivity index (χ1) is 28.1. The fraction of sp³-hybridized carbons (Fsp3) is 1.00. The van der Waals surface area contributed by atoms with E-state index in [1.54, 1.807) is 0 Å². The van der Waals surface area contributed by atoms with Crippen LogP contribution in [0.1, 0.15) is 216 Å². The van der Waals surface area contributed by atoms with E-state index in [0.29, 0.717) is 94.8 Å². The summed E-state index contributed by atoms with van der Waals surface area (Å²) in [6.45, 7) is 43.9. The predicted molar refractivity (Wildman–Crippen MR) is 253 cm³/mol. The van der Waals surface area contributed by atoms with E-state index in [9.17, 15) is 16.7 Å². The van der Waals surface area contributed by atoms with Gasteiger partial charge in [0.05, 0.1) is 12.4 Å². The van der Waals surface area contributed by atoms with Crippen molar-refractivity contribution in [2.75, 3.05) is 52.4 Å². The van der Waals surface area contributed by atoms with Crippen LogP contribution in [0.25, 0.3) is 0 Å². The quantitative estimate of drug-likeness (QED) is 0.233. The summed E-state index contributed by atoms with van der Waals surface area (Å²) in [5, 5.41) is 0. The molecule has 0 aliphatic carbocycles. The van der Waals surface area contributed by atoms with Crippen LogP contribution in [0.5, 0.6) is 0 Å². The molecule has 12 heteroatoms. The molecule has 0 bridgehead atoms. The van der Waals surface area contributed by atoms with Crippen LogP contribution in [-0.2, 0) is 40.7 Å². The fourth-order valence-electron chi connectivity index (χ4n) is 6.30. The maximum Gasteiger partial charge on any atom is 0.335 e. The van der Waals surface area contributed by atoms with E-state index in [1.807, 2.05) is 111 Å². The normalized spacial score (nSPS) is 22.1. The molecule has 1 fully saturated rings. The van der Waals surface area contributed by atoms with Gasteiger partial charge in [-0.1, -0.05) is 138 Å². The Morgan fingerprint density at radius 3 is 0.914 bits per heavy atom. The van der Waals surface area contributed by atoms with Crippen molar-refractivity contribution >= 4 is 21.8 Å². The van der Waals surface area contributed by atoms with Crippen LogP contribution in [0.2, 0.25) is 0 Å². The van der Waals surface area contributed by atoms with Crippen LogP contribution in [-0.4, -0.2) is 69.3 Å². The van der Waals surface area contributed by atoms with Crippen molar-refractivity contribution in [2.45, 2.75) is 216 Å². The smallest absolute Gasteiger partial charge is 0.335 e. The van der Waals surface area contributed by atoms with Gasteiger partial charge in [-0.2, -0.15) is 16.8 Å². The first-order valence-electron chi connectivity index (χ1n) is 23.8. The summed E-state index contributed by atoms with van der Waals surface area (Å²) in [6, 6.07) is 0. The molecule has 364 valence electrons. The Labute approximate surface area is 368 Å². The number of halogens is 2. The molecule has 1 heterocycles. The number of hydrogen-bond donors (Lipinski definition) is 0. The molecule has 1 saturated heterocycles. The van der Waals surface area contributed by atoms with E-state index < -0.39 is 27.5 Å². The van der Waals surface area contributed by atoms with Crippen molar-refractivity contribution in [3.05, 3.63) is 0 Å². The van der Waals surface area contributed by atoms with E-state index in [4.69, 9.17) is 27.4 Å². The fourth-order valence-corrected chi connectivity index (χ4v) is 6.81. The van der Waals surface area contributed by atoms with Crippen molar-refractivity contribution in [1.29, 1.82) is 0 Å². The van der Waals surface area contributed by atoms with Gasteiger partial charge in [-0.15, -0.1) is 3.89 Å². The van der Waals surface area contributed by atoms with Crippen LogP contribution in [0.4, 0.5) is 8.28 Å². The maximum absolute atomic E-state index is 13.1. The molecule has 0 amide bonds.